The molecule has 2 aromatic rings. The smallest absolute Gasteiger partial charge is 0.430 e. The zero-order valence-electron chi connectivity index (χ0n) is 10.6. The van der Waals surface area contributed by atoms with Gasteiger partial charge >= 0.3 is 11.7 Å². The Hall–Kier alpha value is -3.01. The van der Waals surface area contributed by atoms with Crippen LogP contribution < -0.4 is 10.3 Å². The van der Waals surface area contributed by atoms with Gasteiger partial charge < -0.3 is 9.84 Å². The average Bonchev–Trinajstić information content (AvgIpc) is 2.76. The second-order valence-electron chi connectivity index (χ2n) is 3.93. The number of hydrogen-bond donors (Lipinski definition) is 2. The number of rotatable bonds is 3. The Labute approximate surface area is 113 Å². The van der Waals surface area contributed by atoms with E-state index in [1.807, 2.05) is 6.07 Å². The topological polar surface area (TPSA) is 108 Å². The Balaban J connectivity index is 2.40. The lowest BCUT2D eigenvalue weighted by Gasteiger charge is -2.05. The summed E-state index contributed by atoms with van der Waals surface area (Å²) in [6.07, 6.45) is -0.968. The first kappa shape index (κ1) is 13.4. The minimum Gasteiger partial charge on any atom is -0.463 e. The van der Waals surface area contributed by atoms with E-state index in [0.717, 1.165) is 4.68 Å². The molecule has 0 fully saturated rings. The third-order valence-corrected chi connectivity index (χ3v) is 2.68. The van der Waals surface area contributed by atoms with Gasteiger partial charge in [-0.25, -0.2) is 4.79 Å². The van der Waals surface area contributed by atoms with Crippen molar-refractivity contribution in [2.75, 3.05) is 0 Å². The summed E-state index contributed by atoms with van der Waals surface area (Å²) < 4.78 is 6.16. The number of hydrogen-bond acceptors (Lipinski definition) is 4. The Morgan fingerprint density at radius 2 is 2.10 bits per heavy atom. The Kier molecular flexibility index (Phi) is 3.57. The summed E-state index contributed by atoms with van der Waals surface area (Å²) in [4.78, 5) is 22.7. The van der Waals surface area contributed by atoms with Crippen LogP contribution in [-0.4, -0.2) is 21.0 Å². The van der Waals surface area contributed by atoms with E-state index < -0.39 is 11.7 Å². The van der Waals surface area contributed by atoms with Crippen LogP contribution >= 0.6 is 0 Å². The molecule has 7 nitrogen and oxygen atoms in total. The van der Waals surface area contributed by atoms with Crippen LogP contribution in [-0.2, 0) is 6.42 Å². The number of benzene rings is 1. The van der Waals surface area contributed by atoms with E-state index >= 15 is 0 Å². The standard InChI is InChI=1S/C13H11N3O4/c1-2-10-11(12(17)15-16(10)13(18)19)20-9-5-3-8(7-14)4-6-9/h3-6H,2H2,1H3,(H,15,17)(H,18,19). The predicted molar refractivity (Wildman–Crippen MR) is 69.1 cm³/mol. The SMILES string of the molecule is CCc1c(Oc2ccc(C#N)cc2)c(=O)[nH]n1C(=O)O. The first-order valence-corrected chi connectivity index (χ1v) is 5.82. The number of carboxylic acid groups (broad SMARTS) is 1. The van der Waals surface area contributed by atoms with E-state index in [1.165, 1.54) is 12.1 Å². The molecule has 0 atom stereocenters. The van der Waals surface area contributed by atoms with Crippen LogP contribution in [0.25, 0.3) is 0 Å². The molecule has 0 spiro atoms. The molecule has 0 aliphatic heterocycles. The molecule has 1 aromatic carbocycles. The quantitative estimate of drug-likeness (QED) is 0.888. The number of ether oxygens (including phenoxy) is 1. The molecule has 0 saturated carbocycles. The summed E-state index contributed by atoms with van der Waals surface area (Å²) in [6.45, 7) is 1.72. The molecular formula is C13H11N3O4. The first-order valence-electron chi connectivity index (χ1n) is 5.82. The van der Waals surface area contributed by atoms with Gasteiger partial charge in [0.25, 0.3) is 0 Å². The van der Waals surface area contributed by atoms with E-state index in [2.05, 4.69) is 5.10 Å². The number of aromatic nitrogens is 2. The highest BCUT2D eigenvalue weighted by Crippen LogP contribution is 2.22. The molecule has 20 heavy (non-hydrogen) atoms. The zero-order chi connectivity index (χ0) is 14.7. The highest BCUT2D eigenvalue weighted by molar-refractivity contribution is 5.68. The first-order chi connectivity index (χ1) is 9.56. The number of H-pyrrole nitrogens is 1. The summed E-state index contributed by atoms with van der Waals surface area (Å²) in [6, 6.07) is 8.13. The van der Waals surface area contributed by atoms with Crippen molar-refractivity contribution in [3.63, 3.8) is 0 Å². The molecular weight excluding hydrogens is 262 g/mol. The van der Waals surface area contributed by atoms with Gasteiger partial charge in [-0.05, 0) is 30.7 Å². The lowest BCUT2D eigenvalue weighted by Crippen LogP contribution is -2.14. The molecule has 0 aliphatic carbocycles. The fourth-order valence-corrected chi connectivity index (χ4v) is 1.75. The normalized spacial score (nSPS) is 10.0. The molecule has 7 heteroatoms. The van der Waals surface area contributed by atoms with E-state index in [4.69, 9.17) is 15.1 Å². The molecule has 0 radical (unpaired) electrons. The van der Waals surface area contributed by atoms with Crippen LogP contribution in [0.5, 0.6) is 11.5 Å². The van der Waals surface area contributed by atoms with Crippen LogP contribution in [0.15, 0.2) is 29.1 Å². The van der Waals surface area contributed by atoms with Gasteiger partial charge in [0.1, 0.15) is 5.75 Å². The van der Waals surface area contributed by atoms with Crippen molar-refractivity contribution in [3.8, 4) is 17.6 Å². The van der Waals surface area contributed by atoms with Gasteiger partial charge in [-0.3, -0.25) is 9.89 Å². The maximum atomic E-state index is 11.7. The van der Waals surface area contributed by atoms with Crippen LogP contribution in [0.4, 0.5) is 4.79 Å². The summed E-state index contributed by atoms with van der Waals surface area (Å²) in [5, 5.41) is 19.9. The lowest BCUT2D eigenvalue weighted by atomic mass is 10.2. The van der Waals surface area contributed by atoms with Gasteiger partial charge in [0, 0.05) is 0 Å². The Morgan fingerprint density at radius 1 is 1.45 bits per heavy atom. The summed E-state index contributed by atoms with van der Waals surface area (Å²) >= 11 is 0. The van der Waals surface area contributed by atoms with E-state index in [0.29, 0.717) is 17.7 Å². The third-order valence-electron chi connectivity index (χ3n) is 2.68. The van der Waals surface area contributed by atoms with Crippen molar-refractivity contribution < 1.29 is 14.6 Å². The summed E-state index contributed by atoms with van der Waals surface area (Å²) in [7, 11) is 0. The third kappa shape index (κ3) is 2.40. The highest BCUT2D eigenvalue weighted by atomic mass is 16.5. The molecule has 0 unspecified atom stereocenters. The molecule has 0 aliphatic rings. The molecule has 0 saturated heterocycles. The summed E-state index contributed by atoms with van der Waals surface area (Å²) in [5.41, 5.74) is 0.0885. The van der Waals surface area contributed by atoms with E-state index in [-0.39, 0.29) is 11.4 Å². The zero-order valence-corrected chi connectivity index (χ0v) is 10.6. The maximum absolute atomic E-state index is 11.7. The van der Waals surface area contributed by atoms with Gasteiger partial charge in [0.2, 0.25) is 5.75 Å². The molecule has 102 valence electrons. The van der Waals surface area contributed by atoms with Crippen molar-refractivity contribution in [1.29, 1.82) is 5.26 Å². The largest absolute Gasteiger partial charge is 0.463 e. The molecule has 1 aromatic heterocycles. The molecule has 0 amide bonds. The molecule has 1 heterocycles. The van der Waals surface area contributed by atoms with Crippen molar-refractivity contribution in [1.82, 2.24) is 9.78 Å². The second kappa shape index (κ2) is 5.32. The Bertz CT molecular complexity index is 734. The van der Waals surface area contributed by atoms with Crippen LogP contribution in [0.3, 0.4) is 0 Å². The molecule has 0 bridgehead atoms. The van der Waals surface area contributed by atoms with Crippen LogP contribution in [0.1, 0.15) is 18.2 Å². The van der Waals surface area contributed by atoms with Crippen molar-refractivity contribution in [3.05, 3.63) is 45.9 Å². The fourth-order valence-electron chi connectivity index (χ4n) is 1.75. The number of carbonyl (C=O) groups is 1. The second-order valence-corrected chi connectivity index (χ2v) is 3.93. The number of aromatic amines is 1. The predicted octanol–water partition coefficient (Wildman–Crippen LogP) is 1.93. The van der Waals surface area contributed by atoms with Crippen LogP contribution in [0.2, 0.25) is 0 Å². The van der Waals surface area contributed by atoms with E-state index in [1.54, 1.807) is 19.1 Å². The number of nitriles is 1. The van der Waals surface area contributed by atoms with Gasteiger partial charge in [-0.15, -0.1) is 0 Å². The molecule has 2 rings (SSSR count). The number of nitrogens with one attached hydrogen (secondary N) is 1. The van der Waals surface area contributed by atoms with Gasteiger partial charge in [-0.2, -0.15) is 9.94 Å². The van der Waals surface area contributed by atoms with Gasteiger partial charge in [0.05, 0.1) is 17.3 Å². The Morgan fingerprint density at radius 3 is 2.60 bits per heavy atom. The maximum Gasteiger partial charge on any atom is 0.430 e. The summed E-state index contributed by atoms with van der Waals surface area (Å²) in [5.74, 6) is 0.298. The van der Waals surface area contributed by atoms with Crippen molar-refractivity contribution in [2.24, 2.45) is 0 Å². The monoisotopic (exact) mass is 273 g/mol. The van der Waals surface area contributed by atoms with E-state index in [9.17, 15) is 9.59 Å². The minimum atomic E-state index is -1.28. The van der Waals surface area contributed by atoms with Crippen molar-refractivity contribution in [2.45, 2.75) is 13.3 Å². The van der Waals surface area contributed by atoms with Crippen LogP contribution in [0, 0.1) is 11.3 Å². The van der Waals surface area contributed by atoms with Crippen molar-refractivity contribution >= 4 is 6.09 Å². The van der Waals surface area contributed by atoms with Gasteiger partial charge in [0.15, 0.2) is 0 Å². The van der Waals surface area contributed by atoms with Gasteiger partial charge in [-0.1, -0.05) is 6.92 Å². The highest BCUT2D eigenvalue weighted by Gasteiger charge is 2.19. The number of nitrogens with zero attached hydrogens (tertiary/aromatic N) is 2. The molecule has 2 N–H and O–H groups in total. The minimum absolute atomic E-state index is 0.0559. The fraction of sp³-hybridized carbons (Fsp3) is 0.154. The lowest BCUT2D eigenvalue weighted by molar-refractivity contribution is 0.191. The average molecular weight is 273 g/mol.